The lowest BCUT2D eigenvalue weighted by molar-refractivity contribution is -0.120. The topological polar surface area (TPSA) is 48.5 Å². The molecule has 1 aromatic carbocycles. The number of benzene rings is 1. The minimum atomic E-state index is 0. The smallest absolute Gasteiger partial charge is 0.241 e. The standard InChI is InChI=1S/C19H22N4OS.ClH/c24-19(23-10-11-25-18-6-2-1-5-16(18)23)14-22-9-8-21-13-17(22)15-4-3-7-20-12-15;/h1-7,12,17,21H,8-11,13-14H2;1H. The van der Waals surface area contributed by atoms with Gasteiger partial charge in [-0.25, -0.2) is 0 Å². The Morgan fingerprint density at radius 1 is 1.23 bits per heavy atom. The summed E-state index contributed by atoms with van der Waals surface area (Å²) in [6, 6.07) is 12.4. The van der Waals surface area contributed by atoms with Crippen LogP contribution in [0.5, 0.6) is 0 Å². The van der Waals surface area contributed by atoms with E-state index in [9.17, 15) is 4.79 Å². The van der Waals surface area contributed by atoms with Crippen molar-refractivity contribution in [1.29, 1.82) is 0 Å². The molecular weight excluding hydrogens is 368 g/mol. The van der Waals surface area contributed by atoms with Gasteiger partial charge in [0.25, 0.3) is 0 Å². The zero-order chi connectivity index (χ0) is 17.1. The third-order valence-electron chi connectivity index (χ3n) is 4.79. The molecule has 7 heteroatoms. The summed E-state index contributed by atoms with van der Waals surface area (Å²) in [5.41, 5.74) is 2.22. The molecule has 26 heavy (non-hydrogen) atoms. The maximum Gasteiger partial charge on any atom is 0.241 e. The van der Waals surface area contributed by atoms with E-state index in [4.69, 9.17) is 0 Å². The van der Waals surface area contributed by atoms with Crippen LogP contribution in [0.3, 0.4) is 0 Å². The van der Waals surface area contributed by atoms with E-state index in [0.29, 0.717) is 6.54 Å². The highest BCUT2D eigenvalue weighted by molar-refractivity contribution is 7.99. The first-order chi connectivity index (χ1) is 12.3. The molecule has 5 nitrogen and oxygen atoms in total. The quantitative estimate of drug-likeness (QED) is 0.872. The van der Waals surface area contributed by atoms with Crippen LogP contribution in [0.15, 0.2) is 53.7 Å². The number of amides is 1. The second-order valence-corrected chi connectivity index (χ2v) is 7.48. The van der Waals surface area contributed by atoms with E-state index in [1.54, 1.807) is 6.20 Å². The van der Waals surface area contributed by atoms with Crippen LogP contribution < -0.4 is 10.2 Å². The summed E-state index contributed by atoms with van der Waals surface area (Å²) < 4.78 is 0. The largest absolute Gasteiger partial charge is 0.314 e. The molecule has 0 aliphatic carbocycles. The molecule has 0 spiro atoms. The predicted molar refractivity (Wildman–Crippen MR) is 108 cm³/mol. The normalized spacial score (nSPS) is 20.2. The Labute approximate surface area is 164 Å². The second-order valence-electron chi connectivity index (χ2n) is 6.34. The molecule has 0 radical (unpaired) electrons. The Bertz CT molecular complexity index is 745. The van der Waals surface area contributed by atoms with Crippen molar-refractivity contribution in [1.82, 2.24) is 15.2 Å². The van der Waals surface area contributed by atoms with Crippen LogP contribution in [0.4, 0.5) is 5.69 Å². The summed E-state index contributed by atoms with van der Waals surface area (Å²) in [4.78, 5) is 22.7. The summed E-state index contributed by atoms with van der Waals surface area (Å²) in [6.45, 7) is 3.86. The van der Waals surface area contributed by atoms with E-state index in [0.717, 1.165) is 43.2 Å². The summed E-state index contributed by atoms with van der Waals surface area (Å²) >= 11 is 1.83. The fourth-order valence-electron chi connectivity index (χ4n) is 3.53. The summed E-state index contributed by atoms with van der Waals surface area (Å²) in [7, 11) is 0. The predicted octanol–water partition coefficient (Wildman–Crippen LogP) is 2.59. The number of hydrogen-bond acceptors (Lipinski definition) is 5. The number of aromatic nitrogens is 1. The van der Waals surface area contributed by atoms with Crippen molar-refractivity contribution >= 4 is 35.8 Å². The molecular formula is C19H23ClN4OS. The molecule has 2 aliphatic heterocycles. The van der Waals surface area contributed by atoms with Gasteiger partial charge in [-0.2, -0.15) is 0 Å². The van der Waals surface area contributed by atoms with Gasteiger partial charge >= 0.3 is 0 Å². The SMILES string of the molecule is Cl.O=C(CN1CCNCC1c1cccnc1)N1CCSc2ccccc21. The van der Waals surface area contributed by atoms with Gasteiger partial charge in [0.2, 0.25) is 5.91 Å². The van der Waals surface area contributed by atoms with E-state index in [2.05, 4.69) is 33.4 Å². The van der Waals surface area contributed by atoms with Crippen molar-refractivity contribution in [2.75, 3.05) is 43.4 Å². The minimum absolute atomic E-state index is 0. The van der Waals surface area contributed by atoms with Crippen molar-refractivity contribution in [2.24, 2.45) is 0 Å². The number of para-hydroxylation sites is 1. The average molecular weight is 391 g/mol. The highest BCUT2D eigenvalue weighted by atomic mass is 35.5. The number of rotatable bonds is 3. The highest BCUT2D eigenvalue weighted by Gasteiger charge is 2.29. The summed E-state index contributed by atoms with van der Waals surface area (Å²) in [5.74, 6) is 1.14. The van der Waals surface area contributed by atoms with Crippen molar-refractivity contribution in [3.8, 4) is 0 Å². The molecule has 1 aromatic heterocycles. The number of carbonyl (C=O) groups excluding carboxylic acids is 1. The second kappa shape index (κ2) is 8.86. The van der Waals surface area contributed by atoms with Crippen LogP contribution in [-0.4, -0.2) is 54.3 Å². The molecule has 2 aliphatic rings. The maximum atomic E-state index is 13.0. The average Bonchev–Trinajstić information content (AvgIpc) is 2.68. The lowest BCUT2D eigenvalue weighted by Crippen LogP contribution is -2.51. The van der Waals surface area contributed by atoms with Gasteiger partial charge < -0.3 is 10.2 Å². The van der Waals surface area contributed by atoms with Gasteiger partial charge in [0.15, 0.2) is 0 Å². The Balaban J connectivity index is 0.00000196. The third-order valence-corrected chi connectivity index (χ3v) is 5.83. The Morgan fingerprint density at radius 3 is 2.96 bits per heavy atom. The van der Waals surface area contributed by atoms with Gasteiger partial charge in [0.05, 0.1) is 12.2 Å². The summed E-state index contributed by atoms with van der Waals surface area (Å²) in [5, 5.41) is 3.43. The lowest BCUT2D eigenvalue weighted by Gasteiger charge is -2.38. The molecule has 1 fully saturated rings. The molecule has 1 amide bonds. The Hall–Kier alpha value is -1.60. The van der Waals surface area contributed by atoms with Gasteiger partial charge in [-0.15, -0.1) is 24.2 Å². The number of hydrogen-bond donors (Lipinski definition) is 1. The minimum Gasteiger partial charge on any atom is -0.314 e. The first-order valence-corrected chi connectivity index (χ1v) is 9.68. The zero-order valence-electron chi connectivity index (χ0n) is 14.5. The maximum absolute atomic E-state index is 13.0. The lowest BCUT2D eigenvalue weighted by atomic mass is 10.1. The monoisotopic (exact) mass is 390 g/mol. The molecule has 1 atom stereocenters. The zero-order valence-corrected chi connectivity index (χ0v) is 16.1. The number of nitrogens with one attached hydrogen (secondary N) is 1. The number of nitrogens with zero attached hydrogens (tertiary/aromatic N) is 3. The first kappa shape index (κ1) is 19.2. The molecule has 0 bridgehead atoms. The van der Waals surface area contributed by atoms with E-state index < -0.39 is 0 Å². The van der Waals surface area contributed by atoms with Gasteiger partial charge in [0.1, 0.15) is 0 Å². The van der Waals surface area contributed by atoms with Crippen molar-refractivity contribution in [3.63, 3.8) is 0 Å². The van der Waals surface area contributed by atoms with Crippen molar-refractivity contribution in [3.05, 3.63) is 54.4 Å². The molecule has 3 heterocycles. The molecule has 1 unspecified atom stereocenters. The van der Waals surface area contributed by atoms with Crippen LogP contribution in [-0.2, 0) is 4.79 Å². The molecule has 4 rings (SSSR count). The van der Waals surface area contributed by atoms with Crippen molar-refractivity contribution < 1.29 is 4.79 Å². The van der Waals surface area contributed by atoms with E-state index >= 15 is 0 Å². The number of pyridine rings is 1. The van der Waals surface area contributed by atoms with Gasteiger partial charge in [0, 0.05) is 55.3 Å². The van der Waals surface area contributed by atoms with Gasteiger partial charge in [-0.05, 0) is 23.8 Å². The number of thioether (sulfide) groups is 1. The number of fused-ring (bicyclic) bond motifs is 1. The van der Waals surface area contributed by atoms with Crippen molar-refractivity contribution in [2.45, 2.75) is 10.9 Å². The molecule has 138 valence electrons. The number of piperazine rings is 1. The molecule has 1 saturated heterocycles. The van der Waals surface area contributed by atoms with Crippen LogP contribution in [0.2, 0.25) is 0 Å². The number of carbonyl (C=O) groups is 1. The summed E-state index contributed by atoms with van der Waals surface area (Å²) in [6.07, 6.45) is 3.69. The van der Waals surface area contributed by atoms with Crippen LogP contribution >= 0.6 is 24.2 Å². The van der Waals surface area contributed by atoms with Gasteiger partial charge in [-0.3, -0.25) is 14.7 Å². The van der Waals surface area contributed by atoms with E-state index in [-0.39, 0.29) is 24.4 Å². The Kier molecular flexibility index (Phi) is 6.53. The van der Waals surface area contributed by atoms with E-state index in [1.165, 1.54) is 4.90 Å². The van der Waals surface area contributed by atoms with Crippen LogP contribution in [0.25, 0.3) is 0 Å². The molecule has 1 N–H and O–H groups in total. The van der Waals surface area contributed by atoms with Gasteiger partial charge in [-0.1, -0.05) is 18.2 Å². The van der Waals surface area contributed by atoms with Crippen LogP contribution in [0, 0.1) is 0 Å². The fourth-order valence-corrected chi connectivity index (χ4v) is 4.52. The Morgan fingerprint density at radius 2 is 2.12 bits per heavy atom. The molecule has 0 saturated carbocycles. The fraction of sp³-hybridized carbons (Fsp3) is 0.368. The van der Waals surface area contributed by atoms with E-state index in [1.807, 2.05) is 41.1 Å². The highest BCUT2D eigenvalue weighted by Crippen LogP contribution is 2.34. The number of anilines is 1. The third kappa shape index (κ3) is 4.04. The first-order valence-electron chi connectivity index (χ1n) is 8.70. The number of halogens is 1. The van der Waals surface area contributed by atoms with Crippen LogP contribution in [0.1, 0.15) is 11.6 Å². The molecule has 2 aromatic rings.